The number of ether oxygens (including phenoxy) is 3. The number of hydrogen-bond acceptors (Lipinski definition) is 7. The van der Waals surface area contributed by atoms with Crippen LogP contribution in [0, 0.1) is 0 Å². The number of morpholine rings is 1. The van der Waals surface area contributed by atoms with E-state index in [1.165, 1.54) is 47.6 Å². The van der Waals surface area contributed by atoms with Crippen molar-refractivity contribution >= 4 is 27.4 Å². The number of sulfonamides is 1. The molecule has 2 heterocycles. The van der Waals surface area contributed by atoms with Gasteiger partial charge in [-0.15, -0.1) is 0 Å². The first-order chi connectivity index (χ1) is 15.1. The molecule has 0 bridgehead atoms. The van der Waals surface area contributed by atoms with Crippen LogP contribution in [0.3, 0.4) is 0 Å². The van der Waals surface area contributed by atoms with Crippen molar-refractivity contribution in [2.45, 2.75) is 37.9 Å². The number of carbonyl (C=O) groups excluding carboxylic acids is 2. The Morgan fingerprint density at radius 3 is 2.34 bits per heavy atom. The highest BCUT2D eigenvalue weighted by atomic mass is 32.2. The van der Waals surface area contributed by atoms with Crippen LogP contribution in [0.15, 0.2) is 41.3 Å². The fourth-order valence-electron chi connectivity index (χ4n) is 3.80. The van der Waals surface area contributed by atoms with E-state index in [0.717, 1.165) is 0 Å². The van der Waals surface area contributed by atoms with E-state index in [0.29, 0.717) is 11.5 Å². The predicted octanol–water partition coefficient (Wildman–Crippen LogP) is 2.67. The van der Waals surface area contributed by atoms with Gasteiger partial charge in [0.1, 0.15) is 0 Å². The lowest BCUT2D eigenvalue weighted by Gasteiger charge is -2.34. The Balaban J connectivity index is 1.60. The van der Waals surface area contributed by atoms with Gasteiger partial charge in [-0.1, -0.05) is 6.07 Å². The van der Waals surface area contributed by atoms with Crippen LogP contribution < -0.4 is 14.8 Å². The number of benzene rings is 2. The molecule has 0 radical (unpaired) electrons. The lowest BCUT2D eigenvalue weighted by atomic mass is 10.1. The molecule has 2 aliphatic rings. The molecule has 0 aromatic heterocycles. The van der Waals surface area contributed by atoms with Crippen LogP contribution >= 0.6 is 0 Å². The molecule has 2 unspecified atom stereocenters. The first kappa shape index (κ1) is 22.3. The largest absolute Gasteiger partial charge is 0.454 e. The number of nitrogens with one attached hydrogen (secondary N) is 1. The molecule has 4 rings (SSSR count). The van der Waals surface area contributed by atoms with Crippen molar-refractivity contribution in [1.82, 2.24) is 4.31 Å². The van der Waals surface area contributed by atoms with E-state index in [2.05, 4.69) is 5.32 Å². The third-order valence-electron chi connectivity index (χ3n) is 5.26. The van der Waals surface area contributed by atoms with E-state index in [1.54, 1.807) is 0 Å². The Kier molecular flexibility index (Phi) is 5.93. The molecule has 2 aromatic rings. The standard InChI is InChI=1S/C22H24N2O7S/c1-13-10-24(11-14(2)31-13)32(27,28)17-6-4-5-16(7-17)22(26)23-19-9-21-20(29-12-30-21)8-18(19)15(3)25/h4-9,13-14H,10-12H2,1-3H3,(H,23,26). The van der Waals surface area contributed by atoms with Gasteiger partial charge in [0.2, 0.25) is 16.8 Å². The van der Waals surface area contributed by atoms with Crippen LogP contribution in [0.5, 0.6) is 11.5 Å². The molecule has 1 amide bonds. The van der Waals surface area contributed by atoms with E-state index in [1.807, 2.05) is 13.8 Å². The van der Waals surface area contributed by atoms with Gasteiger partial charge in [0.25, 0.3) is 5.91 Å². The molecule has 2 atom stereocenters. The number of nitrogens with zero attached hydrogens (tertiary/aromatic N) is 1. The van der Waals surface area contributed by atoms with E-state index in [9.17, 15) is 18.0 Å². The summed E-state index contributed by atoms with van der Waals surface area (Å²) in [5, 5.41) is 2.69. The number of ketones is 1. The molecule has 1 saturated heterocycles. The van der Waals surface area contributed by atoms with Gasteiger partial charge in [-0.2, -0.15) is 4.31 Å². The SMILES string of the molecule is CC(=O)c1cc2c(cc1NC(=O)c1cccc(S(=O)(=O)N3CC(C)OC(C)C3)c1)OCO2. The Bertz CT molecular complexity index is 1170. The summed E-state index contributed by atoms with van der Waals surface area (Å²) in [7, 11) is -3.80. The van der Waals surface area contributed by atoms with Crippen molar-refractivity contribution < 1.29 is 32.2 Å². The van der Waals surface area contributed by atoms with Gasteiger partial charge in [-0.25, -0.2) is 8.42 Å². The topological polar surface area (TPSA) is 111 Å². The summed E-state index contributed by atoms with van der Waals surface area (Å²) >= 11 is 0. The lowest BCUT2D eigenvalue weighted by molar-refractivity contribution is -0.0440. The molecular weight excluding hydrogens is 436 g/mol. The Labute approximate surface area is 186 Å². The Hall–Kier alpha value is -2.95. The molecule has 0 saturated carbocycles. The van der Waals surface area contributed by atoms with Gasteiger partial charge in [0.05, 0.1) is 22.8 Å². The van der Waals surface area contributed by atoms with Crippen LogP contribution in [-0.2, 0) is 14.8 Å². The maximum absolute atomic E-state index is 13.1. The zero-order valence-electron chi connectivity index (χ0n) is 18.0. The molecule has 1 N–H and O–H groups in total. The highest BCUT2D eigenvalue weighted by molar-refractivity contribution is 7.89. The summed E-state index contributed by atoms with van der Waals surface area (Å²) < 4.78 is 43.9. The summed E-state index contributed by atoms with van der Waals surface area (Å²) in [6, 6.07) is 8.85. The number of amides is 1. The van der Waals surface area contributed by atoms with Crippen molar-refractivity contribution in [3.05, 3.63) is 47.5 Å². The summed E-state index contributed by atoms with van der Waals surface area (Å²) in [4.78, 5) is 25.0. The fourth-order valence-corrected chi connectivity index (χ4v) is 5.44. The number of anilines is 1. The third-order valence-corrected chi connectivity index (χ3v) is 7.09. The lowest BCUT2D eigenvalue weighted by Crippen LogP contribution is -2.48. The number of carbonyl (C=O) groups is 2. The minimum atomic E-state index is -3.80. The van der Waals surface area contributed by atoms with E-state index < -0.39 is 15.9 Å². The van der Waals surface area contributed by atoms with Gasteiger partial charge in [0, 0.05) is 30.3 Å². The highest BCUT2D eigenvalue weighted by Gasteiger charge is 2.32. The minimum Gasteiger partial charge on any atom is -0.454 e. The Morgan fingerprint density at radius 1 is 1.03 bits per heavy atom. The average molecular weight is 461 g/mol. The molecule has 2 aliphatic heterocycles. The maximum Gasteiger partial charge on any atom is 0.255 e. The normalized spacial score (nSPS) is 20.7. The van der Waals surface area contributed by atoms with Crippen molar-refractivity contribution in [1.29, 1.82) is 0 Å². The van der Waals surface area contributed by atoms with Crippen LogP contribution in [0.2, 0.25) is 0 Å². The number of rotatable bonds is 5. The predicted molar refractivity (Wildman–Crippen MR) is 116 cm³/mol. The van der Waals surface area contributed by atoms with E-state index in [4.69, 9.17) is 14.2 Å². The second-order valence-electron chi connectivity index (χ2n) is 7.87. The summed E-state index contributed by atoms with van der Waals surface area (Å²) in [6.07, 6.45) is -0.452. The Morgan fingerprint density at radius 2 is 1.69 bits per heavy atom. The summed E-state index contributed by atoms with van der Waals surface area (Å²) in [5.74, 6) is 0.0325. The maximum atomic E-state index is 13.1. The van der Waals surface area contributed by atoms with Gasteiger partial charge < -0.3 is 19.5 Å². The summed E-state index contributed by atoms with van der Waals surface area (Å²) in [5.41, 5.74) is 0.672. The first-order valence-electron chi connectivity index (χ1n) is 10.2. The zero-order valence-corrected chi connectivity index (χ0v) is 18.8. The van der Waals surface area contributed by atoms with Crippen molar-refractivity contribution in [2.75, 3.05) is 25.2 Å². The summed E-state index contributed by atoms with van der Waals surface area (Å²) in [6.45, 7) is 5.53. The second kappa shape index (κ2) is 8.53. The van der Waals surface area contributed by atoms with Crippen molar-refractivity contribution in [3.63, 3.8) is 0 Å². The molecule has 9 nitrogen and oxygen atoms in total. The van der Waals surface area contributed by atoms with Gasteiger partial charge in [-0.05, 0) is 45.0 Å². The number of hydrogen-bond donors (Lipinski definition) is 1. The molecule has 10 heteroatoms. The van der Waals surface area contributed by atoms with Gasteiger partial charge >= 0.3 is 0 Å². The smallest absolute Gasteiger partial charge is 0.255 e. The quantitative estimate of drug-likeness (QED) is 0.683. The van der Waals surface area contributed by atoms with Crippen molar-refractivity contribution in [2.24, 2.45) is 0 Å². The van der Waals surface area contributed by atoms with Crippen LogP contribution in [0.1, 0.15) is 41.5 Å². The second-order valence-corrected chi connectivity index (χ2v) is 9.81. The van der Waals surface area contributed by atoms with Crippen LogP contribution in [-0.4, -0.2) is 56.5 Å². The number of fused-ring (bicyclic) bond motifs is 1. The van der Waals surface area contributed by atoms with Gasteiger partial charge in [-0.3, -0.25) is 9.59 Å². The molecule has 170 valence electrons. The molecule has 0 aliphatic carbocycles. The van der Waals surface area contributed by atoms with E-state index in [-0.39, 0.29) is 59.6 Å². The van der Waals surface area contributed by atoms with Crippen LogP contribution in [0.4, 0.5) is 5.69 Å². The molecular formula is C22H24N2O7S. The highest BCUT2D eigenvalue weighted by Crippen LogP contribution is 2.37. The fraction of sp³-hybridized carbons (Fsp3) is 0.364. The molecule has 2 aromatic carbocycles. The third kappa shape index (κ3) is 4.34. The van der Waals surface area contributed by atoms with Crippen molar-refractivity contribution in [3.8, 4) is 11.5 Å². The molecule has 0 spiro atoms. The van der Waals surface area contributed by atoms with Crippen LogP contribution in [0.25, 0.3) is 0 Å². The monoisotopic (exact) mass is 460 g/mol. The number of Topliss-reactive ketones (excluding diaryl/α,β-unsaturated/α-hetero) is 1. The zero-order chi connectivity index (χ0) is 23.0. The minimum absolute atomic E-state index is 0.0175. The van der Waals surface area contributed by atoms with E-state index >= 15 is 0 Å². The van der Waals surface area contributed by atoms with Gasteiger partial charge in [0.15, 0.2) is 17.3 Å². The first-order valence-corrected chi connectivity index (χ1v) is 11.6. The molecule has 32 heavy (non-hydrogen) atoms. The average Bonchev–Trinajstić information content (AvgIpc) is 3.20. The molecule has 1 fully saturated rings.